The van der Waals surface area contributed by atoms with Gasteiger partial charge in [0.2, 0.25) is 5.91 Å². The fraction of sp³-hybridized carbons (Fsp3) is 0.909. The Labute approximate surface area is 166 Å². The molecule has 0 heterocycles. The zero-order valence-electron chi connectivity index (χ0n) is 18.0. The number of rotatable bonds is 13. The minimum atomic E-state index is -0.225. The number of ether oxygens (including phenoxy) is 2. The number of carbonyl (C=O) groups is 2. The first kappa shape index (κ1) is 23.9. The van der Waals surface area contributed by atoms with Gasteiger partial charge in [0.15, 0.2) is 0 Å². The van der Waals surface area contributed by atoms with E-state index in [2.05, 4.69) is 6.92 Å². The van der Waals surface area contributed by atoms with Gasteiger partial charge in [-0.1, -0.05) is 26.2 Å². The minimum Gasteiger partial charge on any atom is -0.466 e. The smallest absolute Gasteiger partial charge is 0.307 e. The van der Waals surface area contributed by atoms with Crippen molar-refractivity contribution in [3.63, 3.8) is 0 Å². The Kier molecular flexibility index (Phi) is 12.4. The van der Waals surface area contributed by atoms with Crippen molar-refractivity contribution in [3.8, 4) is 0 Å². The maximum absolute atomic E-state index is 13.1. The van der Waals surface area contributed by atoms with Gasteiger partial charge in [-0.25, -0.2) is 0 Å². The van der Waals surface area contributed by atoms with Gasteiger partial charge in [-0.3, -0.25) is 9.59 Å². The number of nitrogens with zero attached hydrogens (tertiary/aromatic N) is 1. The molecule has 0 unspecified atom stereocenters. The van der Waals surface area contributed by atoms with Crippen LogP contribution >= 0.6 is 0 Å². The Morgan fingerprint density at radius 2 is 1.74 bits per heavy atom. The van der Waals surface area contributed by atoms with Gasteiger partial charge in [-0.15, -0.1) is 0 Å². The highest BCUT2D eigenvalue weighted by Gasteiger charge is 2.29. The number of unbranched alkanes of at least 4 members (excludes halogenated alkanes) is 1. The molecule has 0 spiro atoms. The zero-order chi connectivity index (χ0) is 20.1. The molecule has 0 N–H and O–H groups in total. The highest BCUT2D eigenvalue weighted by molar-refractivity contribution is 5.79. The highest BCUT2D eigenvalue weighted by atomic mass is 16.5. The second-order valence-corrected chi connectivity index (χ2v) is 8.01. The Morgan fingerprint density at radius 1 is 1.04 bits per heavy atom. The summed E-state index contributed by atoms with van der Waals surface area (Å²) >= 11 is 0. The molecule has 158 valence electrons. The number of esters is 1. The molecule has 1 saturated carbocycles. The summed E-state index contributed by atoms with van der Waals surface area (Å²) in [6, 6.07) is 0. The van der Waals surface area contributed by atoms with E-state index in [1.165, 1.54) is 32.1 Å². The van der Waals surface area contributed by atoms with E-state index in [0.717, 1.165) is 25.2 Å². The molecule has 0 aliphatic heterocycles. The highest BCUT2D eigenvalue weighted by Crippen LogP contribution is 2.33. The Morgan fingerprint density at radius 3 is 2.33 bits per heavy atom. The topological polar surface area (TPSA) is 55.8 Å². The van der Waals surface area contributed by atoms with E-state index in [-0.39, 0.29) is 30.3 Å². The quantitative estimate of drug-likeness (QED) is 0.345. The van der Waals surface area contributed by atoms with Crippen LogP contribution in [0.3, 0.4) is 0 Å². The summed E-state index contributed by atoms with van der Waals surface area (Å²) in [7, 11) is 0. The summed E-state index contributed by atoms with van der Waals surface area (Å²) in [5.74, 6) is 0.910. The fourth-order valence-corrected chi connectivity index (χ4v) is 3.82. The monoisotopic (exact) mass is 383 g/mol. The molecule has 1 amide bonds. The third-order valence-electron chi connectivity index (χ3n) is 5.39. The van der Waals surface area contributed by atoms with Gasteiger partial charge >= 0.3 is 5.97 Å². The number of hydrogen-bond donors (Lipinski definition) is 0. The molecule has 0 bridgehead atoms. The lowest BCUT2D eigenvalue weighted by Gasteiger charge is -2.32. The summed E-state index contributed by atoms with van der Waals surface area (Å²) in [5, 5.41) is 0. The third-order valence-corrected chi connectivity index (χ3v) is 5.39. The lowest BCUT2D eigenvalue weighted by Crippen LogP contribution is -2.40. The number of carbonyl (C=O) groups excluding carboxylic acids is 2. The summed E-state index contributed by atoms with van der Waals surface area (Å²) < 4.78 is 10.6. The first-order chi connectivity index (χ1) is 13.0. The maximum Gasteiger partial charge on any atom is 0.307 e. The molecule has 5 heteroatoms. The van der Waals surface area contributed by atoms with Crippen LogP contribution in [0.1, 0.15) is 85.5 Å². The predicted octanol–water partition coefficient (Wildman–Crippen LogP) is 4.58. The van der Waals surface area contributed by atoms with Crippen LogP contribution in [0.4, 0.5) is 0 Å². The van der Waals surface area contributed by atoms with Gasteiger partial charge in [0.25, 0.3) is 0 Å². The summed E-state index contributed by atoms with van der Waals surface area (Å²) in [6.45, 7) is 10.2. The first-order valence-electron chi connectivity index (χ1n) is 11.0. The van der Waals surface area contributed by atoms with Crippen molar-refractivity contribution in [2.24, 2.45) is 11.8 Å². The molecule has 0 aromatic heterocycles. The van der Waals surface area contributed by atoms with Crippen LogP contribution in [0.5, 0.6) is 0 Å². The van der Waals surface area contributed by atoms with Crippen molar-refractivity contribution >= 4 is 11.9 Å². The molecule has 1 fully saturated rings. The molecule has 5 nitrogen and oxygen atoms in total. The van der Waals surface area contributed by atoms with Gasteiger partial charge in [-0.2, -0.15) is 0 Å². The van der Waals surface area contributed by atoms with E-state index >= 15 is 0 Å². The van der Waals surface area contributed by atoms with Crippen LogP contribution in [-0.2, 0) is 19.1 Å². The van der Waals surface area contributed by atoms with E-state index in [4.69, 9.17) is 9.47 Å². The van der Waals surface area contributed by atoms with E-state index in [0.29, 0.717) is 26.3 Å². The Bertz CT molecular complexity index is 417. The van der Waals surface area contributed by atoms with Crippen LogP contribution in [0, 0.1) is 11.8 Å². The second-order valence-electron chi connectivity index (χ2n) is 8.01. The first-order valence-corrected chi connectivity index (χ1v) is 11.0. The molecule has 0 radical (unpaired) electrons. The standard InChI is InChI=1S/C22H41NO4/c1-5-7-9-19-10-12-20(13-11-19)22(25)23(15-8-17-27-18(3)4)16-14-21(24)26-6-2/h18-20H,5-17H2,1-4H3. The lowest BCUT2D eigenvalue weighted by atomic mass is 9.79. The van der Waals surface area contributed by atoms with Crippen molar-refractivity contribution in [2.45, 2.75) is 91.6 Å². The van der Waals surface area contributed by atoms with Gasteiger partial charge in [-0.05, 0) is 58.8 Å². The van der Waals surface area contributed by atoms with E-state index in [9.17, 15) is 9.59 Å². The summed E-state index contributed by atoms with van der Waals surface area (Å²) in [6.07, 6.45) is 9.44. The molecule has 27 heavy (non-hydrogen) atoms. The number of hydrogen-bond acceptors (Lipinski definition) is 4. The predicted molar refractivity (Wildman–Crippen MR) is 109 cm³/mol. The fourth-order valence-electron chi connectivity index (χ4n) is 3.82. The van der Waals surface area contributed by atoms with Crippen LogP contribution in [-0.4, -0.2) is 49.2 Å². The molecule has 1 aliphatic carbocycles. The largest absolute Gasteiger partial charge is 0.466 e. The molecule has 1 aliphatic rings. The summed E-state index contributed by atoms with van der Waals surface area (Å²) in [4.78, 5) is 26.6. The molecular formula is C22H41NO4. The maximum atomic E-state index is 13.1. The third kappa shape index (κ3) is 10.1. The molecule has 0 aromatic rings. The van der Waals surface area contributed by atoms with E-state index in [1.54, 1.807) is 6.92 Å². The normalized spacial score (nSPS) is 19.9. The summed E-state index contributed by atoms with van der Waals surface area (Å²) in [5.41, 5.74) is 0. The van der Waals surface area contributed by atoms with E-state index in [1.807, 2.05) is 18.7 Å². The molecular weight excluding hydrogens is 342 g/mol. The Balaban J connectivity index is 2.51. The minimum absolute atomic E-state index is 0.121. The number of amides is 1. The van der Waals surface area contributed by atoms with Crippen LogP contribution in [0.2, 0.25) is 0 Å². The average molecular weight is 384 g/mol. The SMILES string of the molecule is CCCCC1CCC(C(=O)N(CCCOC(C)C)CCC(=O)OCC)CC1. The van der Waals surface area contributed by atoms with Crippen molar-refractivity contribution in [1.82, 2.24) is 4.90 Å². The second kappa shape index (κ2) is 14.0. The van der Waals surface area contributed by atoms with Crippen molar-refractivity contribution in [2.75, 3.05) is 26.3 Å². The van der Waals surface area contributed by atoms with Crippen LogP contribution in [0.25, 0.3) is 0 Å². The van der Waals surface area contributed by atoms with Gasteiger partial charge in [0.05, 0.1) is 19.1 Å². The van der Waals surface area contributed by atoms with E-state index < -0.39 is 0 Å². The zero-order valence-corrected chi connectivity index (χ0v) is 18.0. The molecule has 0 atom stereocenters. The van der Waals surface area contributed by atoms with Gasteiger partial charge in [0, 0.05) is 25.6 Å². The van der Waals surface area contributed by atoms with Crippen LogP contribution < -0.4 is 0 Å². The van der Waals surface area contributed by atoms with Crippen molar-refractivity contribution in [3.05, 3.63) is 0 Å². The average Bonchev–Trinajstić information content (AvgIpc) is 2.65. The molecule has 0 saturated heterocycles. The molecule has 0 aromatic carbocycles. The van der Waals surface area contributed by atoms with Crippen molar-refractivity contribution < 1.29 is 19.1 Å². The lowest BCUT2D eigenvalue weighted by molar-refractivity contribution is -0.144. The molecule has 1 rings (SSSR count). The van der Waals surface area contributed by atoms with Crippen LogP contribution in [0.15, 0.2) is 0 Å². The Hall–Kier alpha value is -1.10. The van der Waals surface area contributed by atoms with Gasteiger partial charge in [0.1, 0.15) is 0 Å². The van der Waals surface area contributed by atoms with Gasteiger partial charge < -0.3 is 14.4 Å². The van der Waals surface area contributed by atoms with Crippen molar-refractivity contribution in [1.29, 1.82) is 0 Å².